The molecule has 9 aromatic rings. The third-order valence-corrected chi connectivity index (χ3v) is 14.3. The van der Waals surface area contributed by atoms with E-state index in [1.165, 1.54) is 61.0 Å². The summed E-state index contributed by atoms with van der Waals surface area (Å²) in [5.74, 6) is 0.458. The van der Waals surface area contributed by atoms with Gasteiger partial charge in [0.05, 0.1) is 18.2 Å². The smallest absolute Gasteiger partial charge is 0.872 e. The van der Waals surface area contributed by atoms with Crippen molar-refractivity contribution in [2.24, 2.45) is 0 Å². The molecule has 0 atom stereocenters. The van der Waals surface area contributed by atoms with Crippen LogP contribution in [0.2, 0.25) is 0 Å². The summed E-state index contributed by atoms with van der Waals surface area (Å²) in [5.41, 5.74) is 9.08. The zero-order valence-electron chi connectivity index (χ0n) is 55.8. The van der Waals surface area contributed by atoms with E-state index in [-0.39, 0.29) is 150 Å². The van der Waals surface area contributed by atoms with Crippen molar-refractivity contribution >= 4 is 58.2 Å². The van der Waals surface area contributed by atoms with Crippen molar-refractivity contribution in [1.82, 2.24) is 0 Å². The van der Waals surface area contributed by atoms with E-state index in [2.05, 4.69) is 60.3 Å². The van der Waals surface area contributed by atoms with E-state index < -0.39 is 22.4 Å². The molecule has 0 amide bonds. The molecule has 0 radical (unpaired) electrons. The minimum absolute atomic E-state index is 0. The van der Waals surface area contributed by atoms with Gasteiger partial charge >= 0.3 is 101 Å². The minimum atomic E-state index is -0.986. The first-order chi connectivity index (χ1) is 42.8. The molecular weight excluding hydrogens is 1280 g/mol. The predicted molar refractivity (Wildman–Crippen MR) is 357 cm³/mol. The van der Waals surface area contributed by atoms with Crippen molar-refractivity contribution in [2.45, 2.75) is 78.6 Å². The second kappa shape index (κ2) is 43.7. The number of carboxylic acids is 1. The van der Waals surface area contributed by atoms with Crippen LogP contribution in [0.1, 0.15) is 147 Å². The fraction of sp³-hybridized carbons (Fsp3) is 0.173. The van der Waals surface area contributed by atoms with Gasteiger partial charge in [-0.05, 0) is 187 Å². The van der Waals surface area contributed by atoms with E-state index in [9.17, 15) is 44.4 Å². The van der Waals surface area contributed by atoms with Gasteiger partial charge in [0.15, 0.2) is 5.78 Å². The summed E-state index contributed by atoms with van der Waals surface area (Å²) < 4.78 is 10.7. The molecule has 95 heavy (non-hydrogen) atoms. The molecule has 9 aromatic carbocycles. The fourth-order valence-electron chi connectivity index (χ4n) is 8.29. The monoisotopic (exact) mass is 1350 g/mol. The zero-order valence-corrected chi connectivity index (χ0v) is 63.3. The Bertz CT molecular complexity index is 3560. The van der Waals surface area contributed by atoms with Crippen LogP contribution in [0.3, 0.4) is 0 Å². The van der Waals surface area contributed by atoms with Crippen LogP contribution in [0.15, 0.2) is 231 Å². The maximum Gasteiger partial charge on any atom is 1.00 e. The van der Waals surface area contributed by atoms with Gasteiger partial charge in [-0.15, -0.1) is 18.1 Å². The molecule has 482 valence electrons. The number of carbonyl (C=O) groups is 6. The summed E-state index contributed by atoms with van der Waals surface area (Å²) in [5, 5.41) is 56.8. The number of Topliss-reactive ketones (excluding diaryl/α,β-unsaturated/α-hetero) is 1. The molecule has 0 heterocycles. The van der Waals surface area contributed by atoms with Crippen molar-refractivity contribution in [3.8, 4) is 40.2 Å². The topological polar surface area (TPSA) is 278 Å². The number of phenols is 3. The van der Waals surface area contributed by atoms with Crippen molar-refractivity contribution in [3.05, 3.63) is 292 Å². The molecule has 0 aromatic heterocycles. The average molecular weight is 1360 g/mol. The number of ether oxygens (including phenoxy) is 2. The molecule has 9 rings (SSSR count). The molecule has 0 spiro atoms. The van der Waals surface area contributed by atoms with Crippen LogP contribution in [0.4, 0.5) is 0 Å². The summed E-state index contributed by atoms with van der Waals surface area (Å²) >= 11 is 10.4. The van der Waals surface area contributed by atoms with Gasteiger partial charge in [0.1, 0.15) is 35.5 Å². The number of methoxy groups -OCH3 is 1. The number of rotatable bonds is 13. The second-order valence-electron chi connectivity index (χ2n) is 22.0. The van der Waals surface area contributed by atoms with Crippen molar-refractivity contribution in [2.75, 3.05) is 7.11 Å². The SMILES string of the molecule is C=C(C)C.C=O.CC(C)(c1ccc(O)cc1)c1ccc(O)cc1.CC(C)(c1ccc([O-])cc1)c1ccc([O-])cc1.COc1ccc(C(C)(C)c2ccc(OC(=O)c3ccc(C(C)=O)cc3)cc2)cc1.O=C(Cl)c1ccc(C(=O)Cl)cc1.O=C(O)c1ccc(O)cc1.[Na+].[Na+].[Na+].[OH-]. The Labute approximate surface area is 632 Å². The Kier molecular flexibility index (Phi) is 41.3. The zero-order chi connectivity index (χ0) is 68.2. The number of esters is 1. The molecule has 0 aliphatic carbocycles. The Hall–Kier alpha value is -7.32. The first-order valence-corrected chi connectivity index (χ1v) is 28.8. The molecule has 20 heteroatoms. The van der Waals surface area contributed by atoms with Gasteiger partial charge in [0.2, 0.25) is 0 Å². The summed E-state index contributed by atoms with van der Waals surface area (Å²) in [6, 6.07) is 61.2. The summed E-state index contributed by atoms with van der Waals surface area (Å²) in [6.45, 7) is 23.7. The largest absolute Gasteiger partial charge is 1.00 e. The quantitative estimate of drug-likeness (QED) is 0.0231. The number of halogens is 2. The van der Waals surface area contributed by atoms with E-state index in [0.717, 1.165) is 39.1 Å². The number of aromatic hydroxyl groups is 3. The van der Waals surface area contributed by atoms with Crippen molar-refractivity contribution in [3.63, 3.8) is 0 Å². The molecule has 0 aliphatic heterocycles. The third-order valence-electron chi connectivity index (χ3n) is 13.9. The van der Waals surface area contributed by atoms with Crippen LogP contribution < -0.4 is 108 Å². The van der Waals surface area contributed by atoms with Crippen LogP contribution >= 0.6 is 23.2 Å². The molecule has 0 fully saturated rings. The number of hydrogen-bond donors (Lipinski definition) is 4. The Morgan fingerprint density at radius 2 is 0.611 bits per heavy atom. The van der Waals surface area contributed by atoms with Crippen LogP contribution in [0, 0.1) is 0 Å². The first-order valence-electron chi connectivity index (χ1n) is 28.0. The maximum atomic E-state index is 12.3. The van der Waals surface area contributed by atoms with Crippen LogP contribution in [0.25, 0.3) is 0 Å². The summed E-state index contributed by atoms with van der Waals surface area (Å²) in [7, 11) is 1.65. The number of phenolic OH excluding ortho intramolecular Hbond substituents is 3. The van der Waals surface area contributed by atoms with Gasteiger partial charge in [-0.2, -0.15) is 0 Å². The standard InChI is InChI=1S/C25H24O4.2C15H16O2.C8H4Cl2O2.C7H6O3.C4H8.CH2O.3Na.H2O/c1-17(26)18-5-7-19(8-6-18)24(27)29-23-15-11-21(12-16-23)25(2,3)20-9-13-22(28-4)14-10-20;2*1-15(2,11-3-7-13(16)8-4-11)12-5-9-14(17)10-6-12;9-7(11)5-1-2-6(4-3-5)8(10)12;8-6-3-1-5(2-4-6)7(9)10;1-4(2)3;1-2;;;;/h5-16H,1-4H3;2*3-10,16-17H,1-2H3;1-4H;1-4,8H,(H,9,10);1H2,2-3H3;1H2;;;;1H2/q;;;;;;;3*+1;/p-3. The number of ketones is 1. The number of aromatic carboxylic acids is 1. The third kappa shape index (κ3) is 29.7. The van der Waals surface area contributed by atoms with E-state index in [1.54, 1.807) is 92.0 Å². The van der Waals surface area contributed by atoms with Gasteiger partial charge in [0, 0.05) is 32.9 Å². The predicted octanol–water partition coefficient (Wildman–Crippen LogP) is 6.79. The number of carboxylic acid groups (broad SMARTS) is 1. The van der Waals surface area contributed by atoms with E-state index in [1.807, 2.05) is 93.4 Å². The average Bonchev–Trinajstić information content (AvgIpc) is 0.836. The van der Waals surface area contributed by atoms with E-state index >= 15 is 0 Å². The van der Waals surface area contributed by atoms with E-state index in [4.69, 9.17) is 47.7 Å². The molecule has 15 nitrogen and oxygen atoms in total. The summed E-state index contributed by atoms with van der Waals surface area (Å²) in [6.07, 6.45) is 0. The molecule has 5 N–H and O–H groups in total. The van der Waals surface area contributed by atoms with Crippen molar-refractivity contribution < 1.29 is 163 Å². The minimum Gasteiger partial charge on any atom is -0.872 e. The van der Waals surface area contributed by atoms with Crippen LogP contribution in [0.5, 0.6) is 40.2 Å². The Morgan fingerprint density at radius 3 is 0.863 bits per heavy atom. The molecule has 0 saturated heterocycles. The number of allylic oxidation sites excluding steroid dienone is 1. The number of hydrogen-bond acceptors (Lipinski definition) is 14. The van der Waals surface area contributed by atoms with Gasteiger partial charge in [-0.25, -0.2) is 9.59 Å². The fourth-order valence-corrected chi connectivity index (χ4v) is 8.54. The Balaban J connectivity index is 0. The normalized spacial score (nSPS) is 9.94. The van der Waals surface area contributed by atoms with Crippen molar-refractivity contribution in [1.29, 1.82) is 0 Å². The van der Waals surface area contributed by atoms with Gasteiger partial charge < -0.3 is 50.4 Å². The number of carbonyl (C=O) groups excluding carboxylic acids is 5. The van der Waals surface area contributed by atoms with Gasteiger partial charge in [-0.3, -0.25) is 14.4 Å². The van der Waals surface area contributed by atoms with Gasteiger partial charge in [-0.1, -0.05) is 156 Å². The maximum absolute atomic E-state index is 12.3. The molecule has 0 saturated carbocycles. The molecule has 0 bridgehead atoms. The Morgan fingerprint density at radius 1 is 0.389 bits per heavy atom. The van der Waals surface area contributed by atoms with Crippen LogP contribution in [-0.4, -0.2) is 68.0 Å². The van der Waals surface area contributed by atoms with Crippen LogP contribution in [-0.2, 0) is 21.0 Å². The first kappa shape index (κ1) is 89.7. The molecular formula is C75H75Cl2Na3O15. The number of benzene rings is 9. The van der Waals surface area contributed by atoms with Gasteiger partial charge in [0.25, 0.3) is 10.5 Å². The molecule has 0 aliphatic rings. The van der Waals surface area contributed by atoms with E-state index in [0.29, 0.717) is 28.0 Å². The second-order valence-corrected chi connectivity index (χ2v) is 22.7. The molecule has 0 unspecified atom stereocenters. The summed E-state index contributed by atoms with van der Waals surface area (Å²) in [4.78, 5) is 63.1.